The molecule has 102 valence electrons. The van der Waals surface area contributed by atoms with E-state index >= 15 is 0 Å². The number of methoxy groups -OCH3 is 1. The minimum absolute atomic E-state index is 0.305. The van der Waals surface area contributed by atoms with Crippen LogP contribution in [0.1, 0.15) is 0 Å². The van der Waals surface area contributed by atoms with E-state index in [1.165, 1.54) is 0 Å². The topological polar surface area (TPSA) is 74.2 Å². The zero-order chi connectivity index (χ0) is 13.2. The molecule has 0 spiro atoms. The maximum atomic E-state index is 10.4. The molecule has 0 aliphatic carbocycles. The molecule has 0 saturated heterocycles. The first-order valence-electron chi connectivity index (χ1n) is 5.31. The summed E-state index contributed by atoms with van der Waals surface area (Å²) < 4.78 is 38.9. The molecule has 1 aromatic rings. The maximum Gasteiger partial charge on any atom is 0.357 e. The van der Waals surface area contributed by atoms with Crippen molar-refractivity contribution in [3.63, 3.8) is 0 Å². The summed E-state index contributed by atoms with van der Waals surface area (Å²) in [4.78, 5) is 0. The lowest BCUT2D eigenvalue weighted by atomic mass is 10.3. The van der Waals surface area contributed by atoms with Gasteiger partial charge in [-0.05, 0) is 24.3 Å². The van der Waals surface area contributed by atoms with Crippen LogP contribution in [0.3, 0.4) is 0 Å². The van der Waals surface area contributed by atoms with Crippen LogP contribution in [-0.2, 0) is 20.8 Å². The molecule has 0 saturated carbocycles. The number of rotatable bonds is 9. The number of hydrogen-bond donors (Lipinski definition) is 1. The van der Waals surface area contributed by atoms with Crippen molar-refractivity contribution in [3.05, 3.63) is 24.3 Å². The largest absolute Gasteiger partial charge is 0.491 e. The molecule has 0 bridgehead atoms. The van der Waals surface area contributed by atoms with Crippen molar-refractivity contribution in [2.45, 2.75) is 0 Å². The molecule has 1 aromatic carbocycles. The van der Waals surface area contributed by atoms with E-state index in [1.807, 2.05) is 0 Å². The van der Waals surface area contributed by atoms with E-state index in [4.69, 9.17) is 18.8 Å². The lowest BCUT2D eigenvalue weighted by molar-refractivity contribution is 0.0544. The van der Waals surface area contributed by atoms with Crippen molar-refractivity contribution >= 4 is 11.4 Å². The quantitative estimate of drug-likeness (QED) is 0.540. The highest BCUT2D eigenvalue weighted by Crippen LogP contribution is 2.17. The van der Waals surface area contributed by atoms with Crippen molar-refractivity contribution in [1.82, 2.24) is 0 Å². The standard InChI is InChI=1S/C11H16O6S/c1-14-6-7-15-8-9-16-10-2-4-11(5-3-10)17-18(12)13/h2-5H,6-9H2,1H3,(H,12,13). The van der Waals surface area contributed by atoms with E-state index in [0.717, 1.165) is 0 Å². The summed E-state index contributed by atoms with van der Waals surface area (Å²) in [7, 11) is 1.61. The fourth-order valence-electron chi connectivity index (χ4n) is 1.14. The van der Waals surface area contributed by atoms with Gasteiger partial charge < -0.3 is 18.4 Å². The average Bonchev–Trinajstić information content (AvgIpc) is 2.35. The monoisotopic (exact) mass is 276 g/mol. The van der Waals surface area contributed by atoms with Gasteiger partial charge in [-0.15, -0.1) is 0 Å². The Morgan fingerprint density at radius 2 is 1.67 bits per heavy atom. The maximum absolute atomic E-state index is 10.4. The zero-order valence-corrected chi connectivity index (χ0v) is 10.9. The van der Waals surface area contributed by atoms with Crippen LogP contribution in [0.5, 0.6) is 11.5 Å². The normalized spacial score (nSPS) is 12.1. The molecule has 18 heavy (non-hydrogen) atoms. The molecule has 1 N–H and O–H groups in total. The van der Waals surface area contributed by atoms with E-state index in [9.17, 15) is 4.21 Å². The molecule has 0 amide bonds. The zero-order valence-electron chi connectivity index (χ0n) is 10.0. The number of hydrogen-bond acceptors (Lipinski definition) is 5. The molecule has 1 rings (SSSR count). The summed E-state index contributed by atoms with van der Waals surface area (Å²) in [6.07, 6.45) is 0. The molecule has 6 nitrogen and oxygen atoms in total. The van der Waals surface area contributed by atoms with Gasteiger partial charge in [0.2, 0.25) is 0 Å². The Bertz CT molecular complexity index is 353. The second kappa shape index (κ2) is 8.87. The summed E-state index contributed by atoms with van der Waals surface area (Å²) in [5.41, 5.74) is 0. The van der Waals surface area contributed by atoms with Gasteiger partial charge in [0, 0.05) is 7.11 Å². The van der Waals surface area contributed by atoms with Gasteiger partial charge in [-0.2, -0.15) is 4.21 Å². The fourth-order valence-corrected chi connectivity index (χ4v) is 1.41. The van der Waals surface area contributed by atoms with Gasteiger partial charge in [0.05, 0.1) is 19.8 Å². The van der Waals surface area contributed by atoms with Gasteiger partial charge in [0.25, 0.3) is 0 Å². The van der Waals surface area contributed by atoms with Crippen molar-refractivity contribution < 1.29 is 27.2 Å². The van der Waals surface area contributed by atoms with Gasteiger partial charge >= 0.3 is 11.4 Å². The molecule has 0 radical (unpaired) electrons. The lowest BCUT2D eigenvalue weighted by Gasteiger charge is -2.07. The van der Waals surface area contributed by atoms with Crippen molar-refractivity contribution in [1.29, 1.82) is 0 Å². The summed E-state index contributed by atoms with van der Waals surface area (Å²) in [6.45, 7) is 2.00. The molecule has 7 heteroatoms. The van der Waals surface area contributed by atoms with Crippen LogP contribution in [0.15, 0.2) is 24.3 Å². The smallest absolute Gasteiger partial charge is 0.357 e. The van der Waals surface area contributed by atoms with Crippen LogP contribution in [0.2, 0.25) is 0 Å². The summed E-state index contributed by atoms with van der Waals surface area (Å²) in [6, 6.07) is 6.40. The van der Waals surface area contributed by atoms with Crippen molar-refractivity contribution in [2.24, 2.45) is 0 Å². The van der Waals surface area contributed by atoms with Gasteiger partial charge in [0.1, 0.15) is 18.1 Å². The van der Waals surface area contributed by atoms with E-state index in [1.54, 1.807) is 31.4 Å². The number of ether oxygens (including phenoxy) is 3. The first-order chi connectivity index (χ1) is 8.72. The third-order valence-electron chi connectivity index (χ3n) is 1.92. The molecule has 0 heterocycles. The van der Waals surface area contributed by atoms with E-state index in [-0.39, 0.29) is 0 Å². The third-order valence-corrected chi connectivity index (χ3v) is 2.25. The second-order valence-electron chi connectivity index (χ2n) is 3.23. The summed E-state index contributed by atoms with van der Waals surface area (Å²) >= 11 is -2.31. The Hall–Kier alpha value is -1.15. The second-order valence-corrected chi connectivity index (χ2v) is 3.83. The van der Waals surface area contributed by atoms with E-state index < -0.39 is 11.4 Å². The molecule has 0 fully saturated rings. The molecule has 0 aliphatic rings. The Morgan fingerprint density at radius 1 is 1.06 bits per heavy atom. The van der Waals surface area contributed by atoms with Gasteiger partial charge in [0.15, 0.2) is 0 Å². The highest BCUT2D eigenvalue weighted by molar-refractivity contribution is 7.74. The highest BCUT2D eigenvalue weighted by Gasteiger charge is 1.99. The first kappa shape index (κ1) is 14.9. The molecule has 0 aromatic heterocycles. The van der Waals surface area contributed by atoms with Crippen LogP contribution < -0.4 is 8.92 Å². The van der Waals surface area contributed by atoms with Gasteiger partial charge in [-0.25, -0.2) is 0 Å². The van der Waals surface area contributed by atoms with Crippen molar-refractivity contribution in [3.8, 4) is 11.5 Å². The van der Waals surface area contributed by atoms with Crippen LogP contribution in [0, 0.1) is 0 Å². The van der Waals surface area contributed by atoms with Crippen LogP contribution in [0.4, 0.5) is 0 Å². The minimum atomic E-state index is -2.31. The molecule has 0 aliphatic heterocycles. The third kappa shape index (κ3) is 6.55. The first-order valence-corrected chi connectivity index (χ1v) is 6.34. The average molecular weight is 276 g/mol. The lowest BCUT2D eigenvalue weighted by Crippen LogP contribution is -2.09. The SMILES string of the molecule is COCCOCCOc1ccc(OS(=O)O)cc1. The predicted octanol–water partition coefficient (Wildman–Crippen LogP) is 1.24. The Morgan fingerprint density at radius 3 is 2.28 bits per heavy atom. The summed E-state index contributed by atoms with van der Waals surface area (Å²) in [5.74, 6) is 0.945. The Kier molecular flexibility index (Phi) is 7.35. The molecule has 1 unspecified atom stereocenters. The predicted molar refractivity (Wildman–Crippen MR) is 66.0 cm³/mol. The van der Waals surface area contributed by atoms with Gasteiger partial charge in [-0.1, -0.05) is 0 Å². The van der Waals surface area contributed by atoms with Gasteiger partial charge in [-0.3, -0.25) is 4.55 Å². The molecule has 1 atom stereocenters. The van der Waals surface area contributed by atoms with Crippen LogP contribution in [0.25, 0.3) is 0 Å². The molecular weight excluding hydrogens is 260 g/mol. The molecular formula is C11H16O6S. The summed E-state index contributed by atoms with van der Waals surface area (Å²) in [5, 5.41) is 0. The van der Waals surface area contributed by atoms with Crippen LogP contribution >= 0.6 is 0 Å². The Labute approximate surface area is 108 Å². The minimum Gasteiger partial charge on any atom is -0.491 e. The van der Waals surface area contributed by atoms with Crippen molar-refractivity contribution in [2.75, 3.05) is 33.5 Å². The van der Waals surface area contributed by atoms with E-state index in [2.05, 4.69) is 4.18 Å². The highest BCUT2D eigenvalue weighted by atomic mass is 32.2. The van der Waals surface area contributed by atoms with Crippen LogP contribution in [-0.4, -0.2) is 42.3 Å². The number of benzene rings is 1. The van der Waals surface area contributed by atoms with E-state index in [0.29, 0.717) is 37.9 Å². The Balaban J connectivity index is 2.20. The fraction of sp³-hybridized carbons (Fsp3) is 0.455.